The molecule has 101 heavy (non-hydrogen) atoms. The van der Waals surface area contributed by atoms with Crippen LogP contribution in [0.15, 0.2) is 0 Å². The predicted octanol–water partition coefficient (Wildman–Crippen LogP) is 24.5. The molecule has 0 aromatic rings. The van der Waals surface area contributed by atoms with Gasteiger partial charge in [0.1, 0.15) is 19.3 Å². The maximum absolute atomic E-state index is 13.1. The van der Waals surface area contributed by atoms with E-state index in [0.717, 1.165) is 114 Å². The summed E-state index contributed by atoms with van der Waals surface area (Å²) in [5.41, 5.74) is 0. The molecule has 19 heteroatoms. The van der Waals surface area contributed by atoms with E-state index in [1.54, 1.807) is 0 Å². The number of phosphoric ester groups is 2. The second-order valence-electron chi connectivity index (χ2n) is 30.9. The highest BCUT2D eigenvalue weighted by molar-refractivity contribution is 7.47. The predicted molar refractivity (Wildman–Crippen MR) is 414 cm³/mol. The van der Waals surface area contributed by atoms with E-state index in [9.17, 15) is 43.2 Å². The van der Waals surface area contributed by atoms with Crippen LogP contribution >= 0.6 is 15.6 Å². The Hall–Kier alpha value is -1.94. The third-order valence-corrected chi connectivity index (χ3v) is 21.0. The average molecular weight is 1480 g/mol. The second kappa shape index (κ2) is 72.3. The van der Waals surface area contributed by atoms with Crippen LogP contribution in [0.2, 0.25) is 0 Å². The Kier molecular flexibility index (Phi) is 70.9. The molecular weight excluding hydrogens is 1320 g/mol. The zero-order chi connectivity index (χ0) is 74.4. The molecule has 2 unspecified atom stereocenters. The standard InChI is InChI=1S/C82H160O17P2/c1-8-9-10-46-56-63-79(84)92-69-77(98-81(86)65-58-52-45-39-33-27-21-20-24-30-36-42-49-55-62-75(6)7)71-96-100(88,89)94-67-76(83)68-95-101(90,91)97-72-78(70-93-80(85)64-57-50-43-37-31-25-19-15-17-23-29-35-41-48-54-61-74(4)5)99-82(87)66-59-51-44-38-32-26-18-14-12-11-13-16-22-28-34-40-47-53-60-73(2)3/h73-78,83H,8-72H2,1-7H3,(H,88,89)(H,90,91)/t76-,77+,78+/m0/s1. The number of ether oxygens (including phenoxy) is 4. The Balaban J connectivity index is 5.12. The lowest BCUT2D eigenvalue weighted by Crippen LogP contribution is -2.30. The number of aliphatic hydroxyl groups excluding tert-OH is 1. The third-order valence-electron chi connectivity index (χ3n) is 19.1. The first-order valence-electron chi connectivity index (χ1n) is 42.3. The van der Waals surface area contributed by atoms with E-state index in [-0.39, 0.29) is 25.7 Å². The molecule has 3 N–H and O–H groups in total. The molecule has 0 aromatic carbocycles. The molecule has 17 nitrogen and oxygen atoms in total. The number of carbonyl (C=O) groups excluding carboxylic acids is 4. The molecule has 0 bridgehead atoms. The Bertz CT molecular complexity index is 1960. The summed E-state index contributed by atoms with van der Waals surface area (Å²) in [6.07, 6.45) is 61.6. The van der Waals surface area contributed by atoms with E-state index in [0.29, 0.717) is 25.7 Å². The Morgan fingerprint density at radius 1 is 0.267 bits per heavy atom. The van der Waals surface area contributed by atoms with E-state index >= 15 is 0 Å². The van der Waals surface area contributed by atoms with Crippen molar-refractivity contribution in [2.24, 2.45) is 17.8 Å². The van der Waals surface area contributed by atoms with Gasteiger partial charge in [-0.2, -0.15) is 0 Å². The van der Waals surface area contributed by atoms with E-state index in [1.165, 1.54) is 231 Å². The summed E-state index contributed by atoms with van der Waals surface area (Å²) in [7, 11) is -9.91. The molecule has 0 amide bonds. The molecule has 0 saturated heterocycles. The van der Waals surface area contributed by atoms with Crippen molar-refractivity contribution in [1.82, 2.24) is 0 Å². The number of esters is 4. The molecule has 0 spiro atoms. The molecule has 0 rings (SSSR count). The molecule has 0 radical (unpaired) electrons. The third kappa shape index (κ3) is 76.1. The minimum Gasteiger partial charge on any atom is -0.462 e. The van der Waals surface area contributed by atoms with Crippen molar-refractivity contribution in [2.45, 2.75) is 446 Å². The highest BCUT2D eigenvalue weighted by atomic mass is 31.2. The number of rotatable bonds is 80. The van der Waals surface area contributed by atoms with Crippen molar-refractivity contribution < 1.29 is 80.2 Å². The number of phosphoric acid groups is 2. The van der Waals surface area contributed by atoms with Crippen molar-refractivity contribution >= 4 is 39.5 Å². The van der Waals surface area contributed by atoms with Crippen molar-refractivity contribution in [2.75, 3.05) is 39.6 Å². The summed E-state index contributed by atoms with van der Waals surface area (Å²) >= 11 is 0. The van der Waals surface area contributed by atoms with Gasteiger partial charge in [-0.15, -0.1) is 0 Å². The fourth-order valence-corrected chi connectivity index (χ4v) is 14.2. The lowest BCUT2D eigenvalue weighted by molar-refractivity contribution is -0.161. The largest absolute Gasteiger partial charge is 0.472 e. The minimum absolute atomic E-state index is 0.107. The van der Waals surface area contributed by atoms with E-state index in [1.807, 2.05) is 0 Å². The topological polar surface area (TPSA) is 237 Å². The van der Waals surface area contributed by atoms with Crippen molar-refractivity contribution in [1.29, 1.82) is 0 Å². The Labute approximate surface area is 619 Å². The first-order valence-corrected chi connectivity index (χ1v) is 45.3. The average Bonchev–Trinajstić information content (AvgIpc) is 0.929. The summed E-state index contributed by atoms with van der Waals surface area (Å²) in [6.45, 7) is 11.9. The van der Waals surface area contributed by atoms with Crippen molar-refractivity contribution in [3.63, 3.8) is 0 Å². The highest BCUT2D eigenvalue weighted by Crippen LogP contribution is 2.45. The summed E-state index contributed by atoms with van der Waals surface area (Å²) in [5, 5.41) is 10.6. The number of unbranched alkanes of at least 4 members (excludes halogenated alkanes) is 48. The van der Waals surface area contributed by atoms with Crippen LogP contribution < -0.4 is 0 Å². The summed E-state index contributed by atoms with van der Waals surface area (Å²) < 4.78 is 68.5. The minimum atomic E-state index is -4.96. The van der Waals surface area contributed by atoms with Gasteiger partial charge in [-0.25, -0.2) is 9.13 Å². The molecule has 0 aliphatic rings. The SMILES string of the molecule is CCCCCCCC(=O)OC[C@H](COP(=O)(O)OC[C@H](O)COP(=O)(O)OC[C@@H](COC(=O)CCCCCCCCCCCCCCCCCC(C)C)OC(=O)CCCCCCCCCCCCCCCCCCCCC(C)C)OC(=O)CCCCCCCCCCCCCCCCC(C)C. The maximum atomic E-state index is 13.1. The first kappa shape index (κ1) is 99.1. The van der Waals surface area contributed by atoms with E-state index in [4.69, 9.17) is 37.0 Å². The molecule has 0 aliphatic heterocycles. The van der Waals surface area contributed by atoms with Crippen molar-refractivity contribution in [3.8, 4) is 0 Å². The van der Waals surface area contributed by atoms with Gasteiger partial charge in [0.25, 0.3) is 0 Å². The van der Waals surface area contributed by atoms with E-state index in [2.05, 4.69) is 48.5 Å². The van der Waals surface area contributed by atoms with Gasteiger partial charge in [0.2, 0.25) is 0 Å². The first-order chi connectivity index (χ1) is 48.7. The van der Waals surface area contributed by atoms with Crippen LogP contribution in [0.3, 0.4) is 0 Å². The molecule has 5 atom stereocenters. The Morgan fingerprint density at radius 3 is 0.673 bits per heavy atom. The van der Waals surface area contributed by atoms with Crippen LogP contribution in [-0.2, 0) is 65.4 Å². The van der Waals surface area contributed by atoms with Gasteiger partial charge in [-0.1, -0.05) is 376 Å². The fourth-order valence-electron chi connectivity index (χ4n) is 12.7. The van der Waals surface area contributed by atoms with Gasteiger partial charge in [0.05, 0.1) is 26.4 Å². The molecule has 600 valence electrons. The van der Waals surface area contributed by atoms with Crippen LogP contribution in [0.4, 0.5) is 0 Å². The highest BCUT2D eigenvalue weighted by Gasteiger charge is 2.30. The molecule has 0 fully saturated rings. The lowest BCUT2D eigenvalue weighted by atomic mass is 10.0. The molecule has 0 aliphatic carbocycles. The van der Waals surface area contributed by atoms with Gasteiger partial charge >= 0.3 is 39.5 Å². The quantitative estimate of drug-likeness (QED) is 0.0222. The van der Waals surface area contributed by atoms with Gasteiger partial charge < -0.3 is 33.8 Å². The summed E-state index contributed by atoms with van der Waals surface area (Å²) in [4.78, 5) is 72.8. The lowest BCUT2D eigenvalue weighted by Gasteiger charge is -2.21. The molecule has 0 aromatic heterocycles. The van der Waals surface area contributed by atoms with E-state index < -0.39 is 97.5 Å². The van der Waals surface area contributed by atoms with Crippen LogP contribution in [0, 0.1) is 17.8 Å². The number of aliphatic hydroxyl groups is 1. The molecular formula is C82H160O17P2. The Morgan fingerprint density at radius 2 is 0.455 bits per heavy atom. The zero-order valence-corrected chi connectivity index (χ0v) is 68.2. The summed E-state index contributed by atoms with van der Waals surface area (Å²) in [5.74, 6) is 0.301. The number of carbonyl (C=O) groups is 4. The van der Waals surface area contributed by atoms with Crippen LogP contribution in [0.1, 0.15) is 427 Å². The fraction of sp³-hybridized carbons (Fsp3) is 0.951. The molecule has 0 heterocycles. The van der Waals surface area contributed by atoms with Gasteiger partial charge in [-0.3, -0.25) is 37.3 Å². The number of hydrogen-bond acceptors (Lipinski definition) is 15. The van der Waals surface area contributed by atoms with Crippen LogP contribution in [0.5, 0.6) is 0 Å². The normalized spacial score (nSPS) is 14.0. The van der Waals surface area contributed by atoms with Gasteiger partial charge in [0.15, 0.2) is 12.2 Å². The maximum Gasteiger partial charge on any atom is 0.472 e. The van der Waals surface area contributed by atoms with Crippen LogP contribution in [-0.4, -0.2) is 96.7 Å². The number of hydrogen-bond donors (Lipinski definition) is 3. The summed E-state index contributed by atoms with van der Waals surface area (Å²) in [6, 6.07) is 0. The van der Waals surface area contributed by atoms with Gasteiger partial charge in [0, 0.05) is 25.7 Å². The van der Waals surface area contributed by atoms with Crippen molar-refractivity contribution in [3.05, 3.63) is 0 Å². The second-order valence-corrected chi connectivity index (χ2v) is 33.8. The van der Waals surface area contributed by atoms with Crippen LogP contribution in [0.25, 0.3) is 0 Å². The zero-order valence-electron chi connectivity index (χ0n) is 66.4. The van der Waals surface area contributed by atoms with Gasteiger partial charge in [-0.05, 0) is 43.4 Å². The smallest absolute Gasteiger partial charge is 0.462 e. The monoisotopic (exact) mass is 1480 g/mol. The molecule has 0 saturated carbocycles.